The predicted octanol–water partition coefficient (Wildman–Crippen LogP) is 7.16. The second-order valence-electron chi connectivity index (χ2n) is 7.74. The Bertz CT molecular complexity index is 1120. The average molecular weight is 453 g/mol. The van der Waals surface area contributed by atoms with Crippen molar-refractivity contribution >= 4 is 46.2 Å². The Labute approximate surface area is 191 Å². The Morgan fingerprint density at radius 1 is 0.968 bits per heavy atom. The van der Waals surface area contributed by atoms with Crippen LogP contribution in [0.15, 0.2) is 67.2 Å². The number of fused-ring (bicyclic) bond motifs is 1. The van der Waals surface area contributed by atoms with Gasteiger partial charge in [-0.25, -0.2) is 4.79 Å². The zero-order valence-corrected chi connectivity index (χ0v) is 18.3. The van der Waals surface area contributed by atoms with E-state index in [0.29, 0.717) is 33.1 Å². The highest BCUT2D eigenvalue weighted by Gasteiger charge is 2.23. The normalized spacial score (nSPS) is 15.3. The number of hydrogen-bond donors (Lipinski definition) is 3. The third-order valence-electron chi connectivity index (χ3n) is 5.50. The van der Waals surface area contributed by atoms with Gasteiger partial charge in [0.2, 0.25) is 0 Å². The van der Waals surface area contributed by atoms with Crippen LogP contribution in [0.25, 0.3) is 5.57 Å². The van der Waals surface area contributed by atoms with Crippen LogP contribution in [0.4, 0.5) is 16.2 Å². The van der Waals surface area contributed by atoms with Gasteiger partial charge in [-0.2, -0.15) is 0 Å². The molecule has 1 aliphatic carbocycles. The molecule has 31 heavy (non-hydrogen) atoms. The van der Waals surface area contributed by atoms with Gasteiger partial charge in [0.1, 0.15) is 5.75 Å². The van der Waals surface area contributed by atoms with E-state index in [1.165, 1.54) is 5.56 Å². The van der Waals surface area contributed by atoms with Crippen molar-refractivity contribution in [3.05, 3.63) is 94.0 Å². The first kappa shape index (κ1) is 21.3. The minimum Gasteiger partial charge on any atom is -0.508 e. The van der Waals surface area contributed by atoms with Gasteiger partial charge < -0.3 is 15.7 Å². The van der Waals surface area contributed by atoms with Gasteiger partial charge in [0.25, 0.3) is 0 Å². The molecular formula is C25H22Cl2N2O2. The predicted molar refractivity (Wildman–Crippen MR) is 128 cm³/mol. The third kappa shape index (κ3) is 5.22. The lowest BCUT2D eigenvalue weighted by Gasteiger charge is -2.27. The molecule has 4 rings (SSSR count). The van der Waals surface area contributed by atoms with Crippen molar-refractivity contribution in [3.63, 3.8) is 0 Å². The minimum atomic E-state index is -0.369. The summed E-state index contributed by atoms with van der Waals surface area (Å²) in [5.74, 6) is 0.655. The Kier molecular flexibility index (Phi) is 6.21. The minimum absolute atomic E-state index is 0.301. The van der Waals surface area contributed by atoms with E-state index in [2.05, 4.69) is 17.2 Å². The maximum atomic E-state index is 12.3. The second-order valence-corrected chi connectivity index (χ2v) is 8.61. The maximum Gasteiger partial charge on any atom is 0.323 e. The number of anilines is 2. The van der Waals surface area contributed by atoms with E-state index in [1.54, 1.807) is 24.3 Å². The van der Waals surface area contributed by atoms with Gasteiger partial charge in [0.15, 0.2) is 0 Å². The molecule has 0 aromatic heterocycles. The number of benzene rings is 3. The Morgan fingerprint density at radius 3 is 2.35 bits per heavy atom. The summed E-state index contributed by atoms with van der Waals surface area (Å²) in [6.07, 6.45) is 2.81. The summed E-state index contributed by atoms with van der Waals surface area (Å²) in [5.41, 5.74) is 5.82. The molecule has 0 heterocycles. The number of aromatic hydroxyl groups is 1. The van der Waals surface area contributed by atoms with E-state index in [1.807, 2.05) is 36.4 Å². The van der Waals surface area contributed by atoms with Crippen LogP contribution in [-0.4, -0.2) is 11.1 Å². The highest BCUT2D eigenvalue weighted by Crippen LogP contribution is 2.37. The lowest BCUT2D eigenvalue weighted by atomic mass is 9.77. The van der Waals surface area contributed by atoms with Crippen LogP contribution in [-0.2, 0) is 12.8 Å². The number of halogens is 2. The summed E-state index contributed by atoms with van der Waals surface area (Å²) < 4.78 is 0. The molecule has 0 bridgehead atoms. The molecule has 3 aromatic carbocycles. The van der Waals surface area contributed by atoms with Crippen LogP contribution >= 0.6 is 23.2 Å². The fourth-order valence-corrected chi connectivity index (χ4v) is 4.50. The largest absolute Gasteiger partial charge is 0.508 e. The summed E-state index contributed by atoms with van der Waals surface area (Å²) >= 11 is 11.9. The molecule has 0 saturated heterocycles. The highest BCUT2D eigenvalue weighted by atomic mass is 35.5. The Hall–Kier alpha value is -2.95. The molecule has 6 heteroatoms. The van der Waals surface area contributed by atoms with E-state index < -0.39 is 0 Å². The second kappa shape index (κ2) is 9.04. The van der Waals surface area contributed by atoms with Gasteiger partial charge in [-0.15, -0.1) is 0 Å². The van der Waals surface area contributed by atoms with Crippen molar-refractivity contribution < 1.29 is 9.90 Å². The van der Waals surface area contributed by atoms with Crippen molar-refractivity contribution in [2.75, 3.05) is 10.6 Å². The summed E-state index contributed by atoms with van der Waals surface area (Å²) in [6.45, 7) is 4.31. The van der Waals surface area contributed by atoms with Crippen LogP contribution in [0.3, 0.4) is 0 Å². The number of carbonyl (C=O) groups excluding carboxylic acids is 1. The molecule has 1 unspecified atom stereocenters. The number of amides is 2. The SMILES string of the molecule is C=C1c2ccc(O)cc2CCC1Cc1ccc(NC(=O)Nc2cc(Cl)cc(Cl)c2)cc1. The first-order valence-electron chi connectivity index (χ1n) is 10.0. The van der Waals surface area contributed by atoms with Crippen molar-refractivity contribution in [2.24, 2.45) is 5.92 Å². The molecule has 3 aromatic rings. The molecule has 0 fully saturated rings. The topological polar surface area (TPSA) is 61.4 Å². The number of nitrogens with one attached hydrogen (secondary N) is 2. The molecule has 1 atom stereocenters. The first-order chi connectivity index (χ1) is 14.9. The highest BCUT2D eigenvalue weighted by molar-refractivity contribution is 6.35. The number of aryl methyl sites for hydroxylation is 1. The van der Waals surface area contributed by atoms with Crippen molar-refractivity contribution in [2.45, 2.75) is 19.3 Å². The molecular weight excluding hydrogens is 431 g/mol. The number of rotatable bonds is 4. The van der Waals surface area contributed by atoms with Crippen molar-refractivity contribution in [1.29, 1.82) is 0 Å². The summed E-state index contributed by atoms with van der Waals surface area (Å²) in [4.78, 5) is 12.3. The molecule has 4 nitrogen and oxygen atoms in total. The molecule has 0 aliphatic heterocycles. The molecule has 2 amide bonds. The molecule has 0 saturated carbocycles. The maximum absolute atomic E-state index is 12.3. The van der Waals surface area contributed by atoms with E-state index in [9.17, 15) is 9.90 Å². The fourth-order valence-electron chi connectivity index (χ4n) is 3.98. The monoisotopic (exact) mass is 452 g/mol. The van der Waals surface area contributed by atoms with Gasteiger partial charge in [-0.3, -0.25) is 0 Å². The number of carbonyl (C=O) groups is 1. The van der Waals surface area contributed by atoms with Gasteiger partial charge in [-0.05, 0) is 89.9 Å². The zero-order valence-electron chi connectivity index (χ0n) is 16.8. The molecule has 1 aliphatic rings. The standard InChI is InChI=1S/C25H22Cl2N2O2/c1-15-17(4-5-18-11-23(30)8-9-24(15)18)10-16-2-6-21(7-3-16)28-25(31)29-22-13-19(26)12-20(27)14-22/h2-3,6-9,11-14,17,30H,1,4-5,10H2,(H2,28,29,31). The summed E-state index contributed by atoms with van der Waals surface area (Å²) in [7, 11) is 0. The first-order valence-corrected chi connectivity index (χ1v) is 10.8. The molecule has 0 radical (unpaired) electrons. The third-order valence-corrected chi connectivity index (χ3v) is 5.94. The Morgan fingerprint density at radius 2 is 1.65 bits per heavy atom. The summed E-state index contributed by atoms with van der Waals surface area (Å²) in [5, 5.41) is 16.1. The van der Waals surface area contributed by atoms with Crippen LogP contribution in [0, 0.1) is 5.92 Å². The lowest BCUT2D eigenvalue weighted by molar-refractivity contribution is 0.262. The number of phenolic OH excluding ortho intramolecular Hbond substituents is 1. The number of allylic oxidation sites excluding steroid dienone is 1. The lowest BCUT2D eigenvalue weighted by Crippen LogP contribution is -2.19. The van der Waals surface area contributed by atoms with Crippen LogP contribution < -0.4 is 10.6 Å². The van der Waals surface area contributed by atoms with Crippen LogP contribution in [0.1, 0.15) is 23.1 Å². The number of phenols is 1. The Balaban J connectivity index is 1.36. The van der Waals surface area contributed by atoms with Crippen LogP contribution in [0.2, 0.25) is 10.0 Å². The average Bonchev–Trinajstić information content (AvgIpc) is 2.70. The molecule has 3 N–H and O–H groups in total. The van der Waals surface area contributed by atoms with Crippen molar-refractivity contribution in [3.8, 4) is 5.75 Å². The van der Waals surface area contributed by atoms with E-state index in [0.717, 1.165) is 36.0 Å². The van der Waals surface area contributed by atoms with Crippen LogP contribution in [0.5, 0.6) is 5.75 Å². The van der Waals surface area contributed by atoms with Crippen molar-refractivity contribution in [1.82, 2.24) is 0 Å². The number of hydrogen-bond acceptors (Lipinski definition) is 2. The number of urea groups is 1. The van der Waals surface area contributed by atoms with E-state index >= 15 is 0 Å². The molecule has 158 valence electrons. The smallest absolute Gasteiger partial charge is 0.323 e. The molecule has 0 spiro atoms. The summed E-state index contributed by atoms with van der Waals surface area (Å²) in [6, 6.07) is 17.8. The van der Waals surface area contributed by atoms with Gasteiger partial charge >= 0.3 is 6.03 Å². The van der Waals surface area contributed by atoms with E-state index in [4.69, 9.17) is 23.2 Å². The fraction of sp³-hybridized carbons (Fsp3) is 0.160. The zero-order chi connectivity index (χ0) is 22.0. The van der Waals surface area contributed by atoms with E-state index in [-0.39, 0.29) is 6.03 Å². The van der Waals surface area contributed by atoms with Gasteiger partial charge in [-0.1, -0.05) is 48.0 Å². The quantitative estimate of drug-likeness (QED) is 0.393. The van der Waals surface area contributed by atoms with Gasteiger partial charge in [0.05, 0.1) is 0 Å². The van der Waals surface area contributed by atoms with Gasteiger partial charge in [0, 0.05) is 21.4 Å².